The number of aliphatic imine (C=N–C) groups is 1. The van der Waals surface area contributed by atoms with Crippen LogP contribution < -0.4 is 10.6 Å². The Kier molecular flexibility index (Phi) is 5.95. The van der Waals surface area contributed by atoms with Crippen molar-refractivity contribution in [2.45, 2.75) is 51.1 Å². The van der Waals surface area contributed by atoms with Gasteiger partial charge in [0.15, 0.2) is 5.96 Å². The number of guanidine groups is 1. The molecule has 0 aromatic carbocycles. The molecule has 3 saturated carbocycles. The van der Waals surface area contributed by atoms with Gasteiger partial charge in [-0.15, -0.1) is 24.0 Å². The first kappa shape index (κ1) is 16.3. The molecule has 0 aromatic heterocycles. The van der Waals surface area contributed by atoms with E-state index in [1.165, 1.54) is 45.2 Å². The van der Waals surface area contributed by atoms with Crippen LogP contribution in [0.2, 0.25) is 0 Å². The number of nitrogens with zero attached hydrogens (tertiary/aromatic N) is 2. The van der Waals surface area contributed by atoms with Gasteiger partial charge in [-0.3, -0.25) is 9.89 Å². The van der Waals surface area contributed by atoms with E-state index in [9.17, 15) is 0 Å². The number of hydrogen-bond acceptors (Lipinski definition) is 2. The molecule has 3 fully saturated rings. The molecule has 0 bridgehead atoms. The van der Waals surface area contributed by atoms with E-state index < -0.39 is 0 Å². The van der Waals surface area contributed by atoms with Crippen LogP contribution in [0.5, 0.6) is 0 Å². The molecule has 2 atom stereocenters. The number of rotatable bonds is 7. The van der Waals surface area contributed by atoms with Crippen molar-refractivity contribution in [3.63, 3.8) is 0 Å². The fraction of sp³-hybridized carbons (Fsp3) is 0.933. The molecule has 0 saturated heterocycles. The largest absolute Gasteiger partial charge is 0.355 e. The Morgan fingerprint density at radius 3 is 2.45 bits per heavy atom. The van der Waals surface area contributed by atoms with Gasteiger partial charge in [-0.05, 0) is 43.9 Å². The lowest BCUT2D eigenvalue weighted by molar-refractivity contribution is 0.256. The van der Waals surface area contributed by atoms with Crippen molar-refractivity contribution in [2.24, 2.45) is 16.8 Å². The Hall–Kier alpha value is -0.0400. The molecule has 5 heteroatoms. The zero-order valence-electron chi connectivity index (χ0n) is 12.8. The van der Waals surface area contributed by atoms with Crippen molar-refractivity contribution < 1.29 is 0 Å². The summed E-state index contributed by atoms with van der Waals surface area (Å²) in [7, 11) is 1.87. The SMILES string of the molecule is CN=C(NCCN(CC1CC1)C1CC1)NC1CC1C.I. The molecule has 3 rings (SSSR count). The van der Waals surface area contributed by atoms with Gasteiger partial charge in [-0.1, -0.05) is 6.92 Å². The molecule has 4 nitrogen and oxygen atoms in total. The summed E-state index contributed by atoms with van der Waals surface area (Å²) in [6.45, 7) is 5.81. The number of hydrogen-bond donors (Lipinski definition) is 2. The highest BCUT2D eigenvalue weighted by molar-refractivity contribution is 14.0. The molecule has 0 aliphatic heterocycles. The molecule has 20 heavy (non-hydrogen) atoms. The maximum atomic E-state index is 4.31. The first-order valence-electron chi connectivity index (χ1n) is 7.97. The molecule has 2 unspecified atom stereocenters. The van der Waals surface area contributed by atoms with Crippen molar-refractivity contribution in [3.8, 4) is 0 Å². The third-order valence-electron chi connectivity index (χ3n) is 4.60. The van der Waals surface area contributed by atoms with Crippen molar-refractivity contribution in [3.05, 3.63) is 0 Å². The van der Waals surface area contributed by atoms with Crippen LogP contribution in [0, 0.1) is 11.8 Å². The van der Waals surface area contributed by atoms with E-state index in [1.54, 1.807) is 0 Å². The summed E-state index contributed by atoms with van der Waals surface area (Å²) in [5.41, 5.74) is 0. The second-order valence-electron chi connectivity index (χ2n) is 6.63. The average molecular weight is 392 g/mol. The minimum absolute atomic E-state index is 0. The van der Waals surface area contributed by atoms with Gasteiger partial charge >= 0.3 is 0 Å². The van der Waals surface area contributed by atoms with E-state index in [0.29, 0.717) is 6.04 Å². The minimum atomic E-state index is 0. The van der Waals surface area contributed by atoms with Gasteiger partial charge in [0.05, 0.1) is 0 Å². The molecule has 3 aliphatic rings. The molecule has 0 spiro atoms. The fourth-order valence-electron chi connectivity index (χ4n) is 2.71. The monoisotopic (exact) mass is 392 g/mol. The van der Waals surface area contributed by atoms with Crippen LogP contribution in [-0.4, -0.2) is 49.6 Å². The first-order valence-corrected chi connectivity index (χ1v) is 7.97. The number of nitrogens with one attached hydrogen (secondary N) is 2. The zero-order valence-corrected chi connectivity index (χ0v) is 15.1. The quantitative estimate of drug-likeness (QED) is 0.396. The second kappa shape index (κ2) is 7.29. The predicted molar refractivity (Wildman–Crippen MR) is 94.8 cm³/mol. The second-order valence-corrected chi connectivity index (χ2v) is 6.63. The molecular weight excluding hydrogens is 363 g/mol. The van der Waals surface area contributed by atoms with Crippen LogP contribution in [0.3, 0.4) is 0 Å². The zero-order chi connectivity index (χ0) is 13.2. The summed E-state index contributed by atoms with van der Waals surface area (Å²) in [6, 6.07) is 1.54. The summed E-state index contributed by atoms with van der Waals surface area (Å²) in [5, 5.41) is 6.95. The smallest absolute Gasteiger partial charge is 0.191 e. The van der Waals surface area contributed by atoms with Crippen LogP contribution in [0.25, 0.3) is 0 Å². The van der Waals surface area contributed by atoms with E-state index in [-0.39, 0.29) is 24.0 Å². The van der Waals surface area contributed by atoms with Gasteiger partial charge in [-0.25, -0.2) is 0 Å². The molecule has 0 heterocycles. The summed E-state index contributed by atoms with van der Waals surface area (Å²) in [5.74, 6) is 2.80. The van der Waals surface area contributed by atoms with Gasteiger partial charge in [0.1, 0.15) is 0 Å². The molecule has 2 N–H and O–H groups in total. The van der Waals surface area contributed by atoms with E-state index in [0.717, 1.165) is 30.4 Å². The average Bonchev–Trinajstić information content (AvgIpc) is 3.20. The Morgan fingerprint density at radius 1 is 1.25 bits per heavy atom. The topological polar surface area (TPSA) is 39.7 Å². The highest BCUT2D eigenvalue weighted by atomic mass is 127. The Bertz CT molecular complexity index is 339. The molecule has 0 amide bonds. The van der Waals surface area contributed by atoms with E-state index in [4.69, 9.17) is 0 Å². The maximum absolute atomic E-state index is 4.31. The van der Waals surface area contributed by atoms with Crippen molar-refractivity contribution in [1.82, 2.24) is 15.5 Å². The first-order chi connectivity index (χ1) is 9.26. The standard InChI is InChI=1S/C15H28N4.HI/c1-11-9-14(11)18-15(16-2)17-7-8-19(13-5-6-13)10-12-3-4-12;/h11-14H,3-10H2,1-2H3,(H2,16,17,18);1H. The van der Waals surface area contributed by atoms with Crippen LogP contribution in [0.1, 0.15) is 39.0 Å². The maximum Gasteiger partial charge on any atom is 0.191 e. The lowest BCUT2D eigenvalue weighted by Gasteiger charge is -2.22. The van der Waals surface area contributed by atoms with Crippen LogP contribution in [0.4, 0.5) is 0 Å². The third kappa shape index (κ3) is 5.06. The van der Waals surface area contributed by atoms with E-state index in [1.807, 2.05) is 7.05 Å². The van der Waals surface area contributed by atoms with Gasteiger partial charge in [0.25, 0.3) is 0 Å². The summed E-state index contributed by atoms with van der Waals surface area (Å²) in [4.78, 5) is 7.00. The van der Waals surface area contributed by atoms with Gasteiger partial charge < -0.3 is 10.6 Å². The summed E-state index contributed by atoms with van der Waals surface area (Å²) in [6.07, 6.45) is 7.04. The Labute approximate surface area is 140 Å². The Balaban J connectivity index is 0.00000147. The lowest BCUT2D eigenvalue weighted by Crippen LogP contribution is -2.43. The van der Waals surface area contributed by atoms with Crippen molar-refractivity contribution in [1.29, 1.82) is 0 Å². The van der Waals surface area contributed by atoms with E-state index in [2.05, 4.69) is 27.4 Å². The van der Waals surface area contributed by atoms with Crippen LogP contribution in [0.15, 0.2) is 4.99 Å². The summed E-state index contributed by atoms with van der Waals surface area (Å²) < 4.78 is 0. The van der Waals surface area contributed by atoms with Crippen LogP contribution in [-0.2, 0) is 0 Å². The molecular formula is C15H29IN4. The van der Waals surface area contributed by atoms with Gasteiger partial charge in [-0.2, -0.15) is 0 Å². The predicted octanol–water partition coefficient (Wildman–Crippen LogP) is 2.05. The van der Waals surface area contributed by atoms with E-state index >= 15 is 0 Å². The van der Waals surface area contributed by atoms with Crippen molar-refractivity contribution in [2.75, 3.05) is 26.7 Å². The van der Waals surface area contributed by atoms with Crippen LogP contribution >= 0.6 is 24.0 Å². The Morgan fingerprint density at radius 2 is 1.95 bits per heavy atom. The lowest BCUT2D eigenvalue weighted by atomic mass is 10.3. The van der Waals surface area contributed by atoms with Gasteiger partial charge in [0.2, 0.25) is 0 Å². The highest BCUT2D eigenvalue weighted by Crippen LogP contribution is 2.34. The minimum Gasteiger partial charge on any atom is -0.355 e. The van der Waals surface area contributed by atoms with Gasteiger partial charge in [0, 0.05) is 38.8 Å². The normalized spacial score (nSPS) is 29.1. The highest BCUT2D eigenvalue weighted by Gasteiger charge is 2.34. The molecule has 0 aromatic rings. The molecule has 0 radical (unpaired) electrons. The number of halogens is 1. The third-order valence-corrected chi connectivity index (χ3v) is 4.60. The molecule has 3 aliphatic carbocycles. The summed E-state index contributed by atoms with van der Waals surface area (Å²) >= 11 is 0. The van der Waals surface area contributed by atoms with Crippen molar-refractivity contribution >= 4 is 29.9 Å². The molecule has 116 valence electrons. The fourth-order valence-corrected chi connectivity index (χ4v) is 2.71.